The summed E-state index contributed by atoms with van der Waals surface area (Å²) in [6.45, 7) is 9.27. The van der Waals surface area contributed by atoms with Gasteiger partial charge in [0.25, 0.3) is 0 Å². The lowest BCUT2D eigenvalue weighted by molar-refractivity contribution is 0.0754. The number of Topliss-reactive ketones (excluding diaryl/α,β-unsaturated/α-hetero) is 1. The van der Waals surface area contributed by atoms with E-state index in [0.29, 0.717) is 11.1 Å². The van der Waals surface area contributed by atoms with Crippen molar-refractivity contribution in [2.24, 2.45) is 5.41 Å². The Kier molecular flexibility index (Phi) is 3.44. The van der Waals surface area contributed by atoms with Crippen molar-refractivity contribution >= 4 is 5.78 Å². The second-order valence-corrected chi connectivity index (χ2v) is 8.60. The summed E-state index contributed by atoms with van der Waals surface area (Å²) in [6, 6.07) is 3.14. The lowest BCUT2D eigenvalue weighted by Gasteiger charge is -2.49. The van der Waals surface area contributed by atoms with Crippen molar-refractivity contribution < 1.29 is 20.1 Å². The van der Waals surface area contributed by atoms with Crippen molar-refractivity contribution in [2.75, 3.05) is 0 Å². The maximum absolute atomic E-state index is 12.8. The molecule has 2 aliphatic carbocycles. The van der Waals surface area contributed by atoms with Gasteiger partial charge in [0.05, 0.1) is 5.60 Å². The molecule has 4 heteroatoms. The fourth-order valence-electron chi connectivity index (χ4n) is 4.70. The van der Waals surface area contributed by atoms with Gasteiger partial charge < -0.3 is 15.3 Å². The van der Waals surface area contributed by atoms with Crippen molar-refractivity contribution in [3.63, 3.8) is 0 Å². The minimum Gasteiger partial charge on any atom is -0.508 e. The number of phenolic OH excluding ortho intramolecular Hbond substituents is 1. The van der Waals surface area contributed by atoms with E-state index in [1.807, 2.05) is 6.92 Å². The SMILES string of the molecule is CC1(C)CCCC2(C)C1=C(O)C(=O)c1cc(C(C)(C)O)c(O)cc12. The number of aliphatic hydroxyl groups excluding tert-OH is 1. The lowest BCUT2D eigenvalue weighted by atomic mass is 9.54. The summed E-state index contributed by atoms with van der Waals surface area (Å²) in [4.78, 5) is 12.8. The van der Waals surface area contributed by atoms with Gasteiger partial charge in [0.1, 0.15) is 5.75 Å². The van der Waals surface area contributed by atoms with Crippen LogP contribution in [-0.4, -0.2) is 21.1 Å². The first kappa shape index (κ1) is 17.0. The number of rotatable bonds is 1. The van der Waals surface area contributed by atoms with Crippen molar-refractivity contribution in [3.8, 4) is 5.75 Å². The highest BCUT2D eigenvalue weighted by atomic mass is 16.3. The van der Waals surface area contributed by atoms with Crippen LogP contribution in [0.1, 0.15) is 75.4 Å². The van der Waals surface area contributed by atoms with Crippen LogP contribution in [0.15, 0.2) is 23.5 Å². The monoisotopic (exact) mass is 330 g/mol. The summed E-state index contributed by atoms with van der Waals surface area (Å²) < 4.78 is 0. The third kappa shape index (κ3) is 2.20. The summed E-state index contributed by atoms with van der Waals surface area (Å²) in [6.07, 6.45) is 2.72. The zero-order chi connectivity index (χ0) is 18.1. The first-order valence-corrected chi connectivity index (χ1v) is 8.49. The molecular weight excluding hydrogens is 304 g/mol. The van der Waals surface area contributed by atoms with Crippen LogP contribution in [0.3, 0.4) is 0 Å². The fourth-order valence-corrected chi connectivity index (χ4v) is 4.70. The molecule has 1 fully saturated rings. The van der Waals surface area contributed by atoms with E-state index in [1.54, 1.807) is 19.9 Å². The normalized spacial score (nSPS) is 26.2. The van der Waals surface area contributed by atoms with E-state index in [1.165, 1.54) is 6.07 Å². The summed E-state index contributed by atoms with van der Waals surface area (Å²) in [5.41, 5.74) is 0.175. The highest BCUT2D eigenvalue weighted by Crippen LogP contribution is 2.56. The van der Waals surface area contributed by atoms with E-state index >= 15 is 0 Å². The molecule has 0 amide bonds. The molecule has 24 heavy (non-hydrogen) atoms. The van der Waals surface area contributed by atoms with Crippen LogP contribution in [0, 0.1) is 5.41 Å². The Morgan fingerprint density at radius 1 is 1.08 bits per heavy atom. The third-order valence-electron chi connectivity index (χ3n) is 5.79. The molecule has 0 bridgehead atoms. The minimum absolute atomic E-state index is 0.0144. The van der Waals surface area contributed by atoms with Crippen LogP contribution in [0.4, 0.5) is 0 Å². The Bertz CT molecular complexity index is 765. The van der Waals surface area contributed by atoms with Gasteiger partial charge in [-0.2, -0.15) is 0 Å². The molecule has 1 saturated carbocycles. The molecule has 4 nitrogen and oxygen atoms in total. The van der Waals surface area contributed by atoms with Gasteiger partial charge in [-0.3, -0.25) is 4.79 Å². The summed E-state index contributed by atoms with van der Waals surface area (Å²) >= 11 is 0. The van der Waals surface area contributed by atoms with E-state index in [4.69, 9.17) is 0 Å². The van der Waals surface area contributed by atoms with Gasteiger partial charge in [-0.25, -0.2) is 0 Å². The third-order valence-corrected chi connectivity index (χ3v) is 5.79. The van der Waals surface area contributed by atoms with Gasteiger partial charge in [0, 0.05) is 16.5 Å². The van der Waals surface area contributed by atoms with Crippen molar-refractivity contribution in [1.29, 1.82) is 0 Å². The van der Waals surface area contributed by atoms with Crippen LogP contribution in [0.25, 0.3) is 0 Å². The van der Waals surface area contributed by atoms with Crippen LogP contribution in [0.2, 0.25) is 0 Å². The highest BCUT2D eigenvalue weighted by Gasteiger charge is 2.50. The number of carbonyl (C=O) groups is 1. The number of aromatic hydroxyl groups is 1. The minimum atomic E-state index is -1.27. The molecule has 1 aromatic rings. The van der Waals surface area contributed by atoms with Crippen molar-refractivity contribution in [1.82, 2.24) is 0 Å². The molecule has 0 saturated heterocycles. The highest BCUT2D eigenvalue weighted by molar-refractivity contribution is 6.11. The number of hydrogen-bond acceptors (Lipinski definition) is 4. The Balaban J connectivity index is 2.33. The first-order valence-electron chi connectivity index (χ1n) is 8.49. The number of benzene rings is 1. The first-order chi connectivity index (χ1) is 10.9. The molecule has 0 heterocycles. The van der Waals surface area contributed by atoms with Crippen LogP contribution < -0.4 is 0 Å². The van der Waals surface area contributed by atoms with Crippen LogP contribution in [-0.2, 0) is 11.0 Å². The predicted molar refractivity (Wildman–Crippen MR) is 92.3 cm³/mol. The lowest BCUT2D eigenvalue weighted by Crippen LogP contribution is -2.43. The molecule has 130 valence electrons. The fraction of sp³-hybridized carbons (Fsp3) is 0.550. The summed E-state index contributed by atoms with van der Waals surface area (Å²) in [5.74, 6) is -0.598. The molecule has 2 aliphatic rings. The Hall–Kier alpha value is -1.81. The topological polar surface area (TPSA) is 77.8 Å². The number of phenols is 1. The van der Waals surface area contributed by atoms with E-state index < -0.39 is 16.8 Å². The molecule has 3 rings (SSSR count). The zero-order valence-electron chi connectivity index (χ0n) is 15.0. The predicted octanol–water partition coefficient (Wildman–Crippen LogP) is 4.10. The Morgan fingerprint density at radius 2 is 1.71 bits per heavy atom. The number of allylic oxidation sites excluding steroid dienone is 2. The van der Waals surface area contributed by atoms with Crippen molar-refractivity contribution in [2.45, 2.75) is 64.9 Å². The second kappa shape index (κ2) is 4.85. The van der Waals surface area contributed by atoms with E-state index in [9.17, 15) is 20.1 Å². The Labute approximate surface area is 142 Å². The van der Waals surface area contributed by atoms with E-state index in [-0.39, 0.29) is 16.9 Å². The van der Waals surface area contributed by atoms with E-state index in [0.717, 1.165) is 30.4 Å². The van der Waals surface area contributed by atoms with Crippen molar-refractivity contribution in [3.05, 3.63) is 40.2 Å². The van der Waals surface area contributed by atoms with Crippen LogP contribution >= 0.6 is 0 Å². The zero-order valence-corrected chi connectivity index (χ0v) is 15.0. The summed E-state index contributed by atoms with van der Waals surface area (Å²) in [5, 5.41) is 31.4. The molecule has 0 aromatic heterocycles. The molecule has 0 radical (unpaired) electrons. The molecule has 0 aliphatic heterocycles. The average Bonchev–Trinajstić information content (AvgIpc) is 2.42. The molecule has 3 N–H and O–H groups in total. The van der Waals surface area contributed by atoms with Gasteiger partial charge >= 0.3 is 0 Å². The number of hydrogen-bond donors (Lipinski definition) is 3. The van der Waals surface area contributed by atoms with Gasteiger partial charge in [0.2, 0.25) is 5.78 Å². The maximum Gasteiger partial charge on any atom is 0.227 e. The standard InChI is InChI=1S/C20H26O4/c1-18(2)7-6-8-20(5)12-10-14(21)13(19(3,4)24)9-11(12)15(22)16(23)17(18)20/h9-10,21,23-24H,6-8H2,1-5H3. The molecule has 1 unspecified atom stereocenters. The average molecular weight is 330 g/mol. The van der Waals surface area contributed by atoms with Gasteiger partial charge in [-0.1, -0.05) is 27.2 Å². The Morgan fingerprint density at radius 3 is 2.29 bits per heavy atom. The maximum atomic E-state index is 12.8. The molecule has 1 aromatic carbocycles. The second-order valence-electron chi connectivity index (χ2n) is 8.60. The van der Waals surface area contributed by atoms with Gasteiger partial charge in [-0.15, -0.1) is 0 Å². The quantitative estimate of drug-likeness (QED) is 0.724. The molecular formula is C20H26O4. The number of aliphatic hydroxyl groups is 2. The smallest absolute Gasteiger partial charge is 0.227 e. The summed E-state index contributed by atoms with van der Waals surface area (Å²) in [7, 11) is 0. The molecule has 0 spiro atoms. The van der Waals surface area contributed by atoms with E-state index in [2.05, 4.69) is 13.8 Å². The van der Waals surface area contributed by atoms with Gasteiger partial charge in [-0.05, 0) is 55.4 Å². The number of carbonyl (C=O) groups excluding carboxylic acids is 1. The van der Waals surface area contributed by atoms with Gasteiger partial charge in [0.15, 0.2) is 5.76 Å². The van der Waals surface area contributed by atoms with Crippen LogP contribution in [0.5, 0.6) is 5.75 Å². The molecule has 1 atom stereocenters. The number of fused-ring (bicyclic) bond motifs is 3. The number of ketones is 1. The largest absolute Gasteiger partial charge is 0.508 e.